The van der Waals surface area contributed by atoms with E-state index in [-0.39, 0.29) is 0 Å². The van der Waals surface area contributed by atoms with E-state index in [2.05, 4.69) is 15.5 Å². The highest BCUT2D eigenvalue weighted by atomic mass is 16.4. The van der Waals surface area contributed by atoms with Crippen LogP contribution in [0.25, 0.3) is 0 Å². The minimum absolute atomic E-state index is 0.513. The highest BCUT2D eigenvalue weighted by Gasteiger charge is 1.99. The van der Waals surface area contributed by atoms with Crippen LogP contribution >= 0.6 is 0 Å². The molecular formula is C17H15N3O3. The second kappa shape index (κ2) is 7.65. The van der Waals surface area contributed by atoms with Crippen molar-refractivity contribution < 1.29 is 14.7 Å². The Kier molecular flexibility index (Phi) is 5.35. The Hall–Kier alpha value is -3.28. The number of carbonyl (C=O) groups is 2. The van der Waals surface area contributed by atoms with Gasteiger partial charge in [0, 0.05) is 17.8 Å². The number of carboxylic acid groups (broad SMARTS) is 1. The molecule has 0 unspecified atom stereocenters. The summed E-state index contributed by atoms with van der Waals surface area (Å²) in [7, 11) is 0. The molecule has 0 radical (unpaired) electrons. The SMILES string of the molecule is Cc1ccc(N=Nc2ccc(NC(=O)C=CC(=O)O)cc2)cc1. The van der Waals surface area contributed by atoms with Crippen LogP contribution in [-0.4, -0.2) is 17.0 Å². The standard InChI is InChI=1S/C17H15N3O3/c1-12-2-4-14(5-3-12)19-20-15-8-6-13(7-9-15)18-16(21)10-11-17(22)23/h2-11H,1H3,(H,18,21)(H,22,23). The van der Waals surface area contributed by atoms with Crippen molar-refractivity contribution in [1.82, 2.24) is 0 Å². The Labute approximate surface area is 133 Å². The Bertz CT molecular complexity index is 748. The number of amides is 1. The number of aliphatic carboxylic acids is 1. The molecule has 0 spiro atoms. The molecule has 116 valence electrons. The molecule has 2 rings (SSSR count). The maximum atomic E-state index is 11.4. The van der Waals surface area contributed by atoms with Gasteiger partial charge in [0.25, 0.3) is 0 Å². The van der Waals surface area contributed by atoms with E-state index in [4.69, 9.17) is 5.11 Å². The lowest BCUT2D eigenvalue weighted by Crippen LogP contribution is -2.08. The highest BCUT2D eigenvalue weighted by molar-refractivity contribution is 6.02. The van der Waals surface area contributed by atoms with Gasteiger partial charge in [-0.3, -0.25) is 4.79 Å². The predicted octanol–water partition coefficient (Wildman–Crippen LogP) is 3.99. The number of azo groups is 1. The van der Waals surface area contributed by atoms with E-state index in [1.807, 2.05) is 31.2 Å². The third kappa shape index (κ3) is 5.55. The van der Waals surface area contributed by atoms with Crippen molar-refractivity contribution in [3.63, 3.8) is 0 Å². The molecule has 0 saturated heterocycles. The summed E-state index contributed by atoms with van der Waals surface area (Å²) in [6.45, 7) is 2.00. The third-order valence-electron chi connectivity index (χ3n) is 2.83. The first-order valence-electron chi connectivity index (χ1n) is 6.83. The zero-order valence-corrected chi connectivity index (χ0v) is 12.4. The molecule has 0 bridgehead atoms. The van der Waals surface area contributed by atoms with Crippen molar-refractivity contribution >= 4 is 28.9 Å². The van der Waals surface area contributed by atoms with Gasteiger partial charge in [0.05, 0.1) is 11.4 Å². The van der Waals surface area contributed by atoms with Crippen LogP contribution in [0.3, 0.4) is 0 Å². The summed E-state index contributed by atoms with van der Waals surface area (Å²) in [6, 6.07) is 14.4. The first-order valence-corrected chi connectivity index (χ1v) is 6.83. The number of aryl methyl sites for hydroxylation is 1. The topological polar surface area (TPSA) is 91.1 Å². The van der Waals surface area contributed by atoms with Crippen LogP contribution in [0.15, 0.2) is 70.9 Å². The van der Waals surface area contributed by atoms with Crippen molar-refractivity contribution in [2.24, 2.45) is 10.2 Å². The smallest absolute Gasteiger partial charge is 0.328 e. The van der Waals surface area contributed by atoms with E-state index in [1.165, 1.54) is 0 Å². The van der Waals surface area contributed by atoms with E-state index < -0.39 is 11.9 Å². The summed E-state index contributed by atoms with van der Waals surface area (Å²) in [5.74, 6) is -1.69. The van der Waals surface area contributed by atoms with Crippen LogP contribution in [-0.2, 0) is 9.59 Å². The normalized spacial score (nSPS) is 11.0. The number of anilines is 1. The number of carboxylic acids is 1. The zero-order valence-electron chi connectivity index (χ0n) is 12.4. The van der Waals surface area contributed by atoms with Gasteiger partial charge in [-0.05, 0) is 43.3 Å². The van der Waals surface area contributed by atoms with Crippen LogP contribution in [0.4, 0.5) is 17.1 Å². The number of hydrogen-bond donors (Lipinski definition) is 2. The summed E-state index contributed by atoms with van der Waals surface area (Å²) in [6.07, 6.45) is 1.73. The summed E-state index contributed by atoms with van der Waals surface area (Å²) >= 11 is 0. The second-order valence-electron chi connectivity index (χ2n) is 4.74. The number of nitrogens with one attached hydrogen (secondary N) is 1. The molecule has 0 saturated carbocycles. The fourth-order valence-corrected chi connectivity index (χ4v) is 1.67. The van der Waals surface area contributed by atoms with Crippen molar-refractivity contribution in [1.29, 1.82) is 0 Å². The number of nitrogens with zero attached hydrogens (tertiary/aromatic N) is 2. The summed E-state index contributed by atoms with van der Waals surface area (Å²) < 4.78 is 0. The van der Waals surface area contributed by atoms with Gasteiger partial charge < -0.3 is 10.4 Å². The van der Waals surface area contributed by atoms with Crippen LogP contribution in [0.1, 0.15) is 5.56 Å². The van der Waals surface area contributed by atoms with E-state index in [9.17, 15) is 9.59 Å². The van der Waals surface area contributed by atoms with Gasteiger partial charge in [0.15, 0.2) is 0 Å². The minimum atomic E-state index is -1.17. The Morgan fingerprint density at radius 3 is 1.96 bits per heavy atom. The Morgan fingerprint density at radius 2 is 1.43 bits per heavy atom. The number of benzene rings is 2. The lowest BCUT2D eigenvalue weighted by Gasteiger charge is -2.01. The fourth-order valence-electron chi connectivity index (χ4n) is 1.67. The van der Waals surface area contributed by atoms with E-state index in [0.717, 1.165) is 23.4 Å². The van der Waals surface area contributed by atoms with Gasteiger partial charge in [-0.15, -0.1) is 0 Å². The largest absolute Gasteiger partial charge is 0.478 e. The number of hydrogen-bond acceptors (Lipinski definition) is 4. The lowest BCUT2D eigenvalue weighted by atomic mass is 10.2. The maximum Gasteiger partial charge on any atom is 0.328 e. The van der Waals surface area contributed by atoms with E-state index >= 15 is 0 Å². The monoisotopic (exact) mass is 309 g/mol. The molecule has 0 aliphatic heterocycles. The highest BCUT2D eigenvalue weighted by Crippen LogP contribution is 2.20. The van der Waals surface area contributed by atoms with Gasteiger partial charge >= 0.3 is 5.97 Å². The van der Waals surface area contributed by atoms with Gasteiger partial charge in [0.2, 0.25) is 5.91 Å². The molecule has 2 aromatic carbocycles. The maximum absolute atomic E-state index is 11.4. The molecule has 0 aromatic heterocycles. The quantitative estimate of drug-likeness (QED) is 0.646. The molecule has 0 atom stereocenters. The first-order chi connectivity index (χ1) is 11.0. The molecule has 23 heavy (non-hydrogen) atoms. The summed E-state index contributed by atoms with van der Waals surface area (Å²) in [4.78, 5) is 21.8. The summed E-state index contributed by atoms with van der Waals surface area (Å²) in [5.41, 5.74) is 3.09. The predicted molar refractivity (Wildman–Crippen MR) is 87.2 cm³/mol. The average molecular weight is 309 g/mol. The second-order valence-corrected chi connectivity index (χ2v) is 4.74. The lowest BCUT2D eigenvalue weighted by molar-refractivity contribution is -0.131. The molecule has 2 N–H and O–H groups in total. The fraction of sp³-hybridized carbons (Fsp3) is 0.0588. The molecule has 0 heterocycles. The van der Waals surface area contributed by atoms with Crippen molar-refractivity contribution in [3.8, 4) is 0 Å². The summed E-state index contributed by atoms with van der Waals surface area (Å²) in [5, 5.41) is 19.2. The van der Waals surface area contributed by atoms with E-state index in [0.29, 0.717) is 11.4 Å². The van der Waals surface area contributed by atoms with Crippen molar-refractivity contribution in [3.05, 3.63) is 66.2 Å². The molecular weight excluding hydrogens is 294 g/mol. The van der Waals surface area contributed by atoms with Crippen molar-refractivity contribution in [2.45, 2.75) is 6.92 Å². The van der Waals surface area contributed by atoms with Gasteiger partial charge in [0.1, 0.15) is 0 Å². The van der Waals surface area contributed by atoms with Gasteiger partial charge in [-0.2, -0.15) is 10.2 Å². The van der Waals surface area contributed by atoms with Gasteiger partial charge in [-0.25, -0.2) is 4.79 Å². The van der Waals surface area contributed by atoms with Gasteiger partial charge in [-0.1, -0.05) is 17.7 Å². The molecule has 0 aliphatic rings. The first kappa shape index (κ1) is 16.1. The van der Waals surface area contributed by atoms with Crippen LogP contribution in [0.5, 0.6) is 0 Å². The molecule has 2 aromatic rings. The molecule has 0 aliphatic carbocycles. The van der Waals surface area contributed by atoms with E-state index in [1.54, 1.807) is 24.3 Å². The molecule has 6 nitrogen and oxygen atoms in total. The third-order valence-corrected chi connectivity index (χ3v) is 2.83. The van der Waals surface area contributed by atoms with Crippen LogP contribution < -0.4 is 5.32 Å². The van der Waals surface area contributed by atoms with Crippen LogP contribution in [0.2, 0.25) is 0 Å². The van der Waals surface area contributed by atoms with Crippen molar-refractivity contribution in [2.75, 3.05) is 5.32 Å². The Balaban J connectivity index is 1.98. The molecule has 6 heteroatoms. The molecule has 1 amide bonds. The molecule has 0 fully saturated rings. The minimum Gasteiger partial charge on any atom is -0.478 e. The Morgan fingerprint density at radius 1 is 0.913 bits per heavy atom. The van der Waals surface area contributed by atoms with Crippen LogP contribution in [0, 0.1) is 6.92 Å². The zero-order chi connectivity index (χ0) is 16.7. The average Bonchev–Trinajstić information content (AvgIpc) is 2.54. The number of rotatable bonds is 5. The number of carbonyl (C=O) groups excluding carboxylic acids is 1.